The molecule has 0 atom stereocenters. The second-order valence-corrected chi connectivity index (χ2v) is 5.86. The number of furan rings is 1. The predicted octanol–water partition coefficient (Wildman–Crippen LogP) is 4.44. The zero-order valence-corrected chi connectivity index (χ0v) is 12.7. The van der Waals surface area contributed by atoms with Crippen molar-refractivity contribution in [3.63, 3.8) is 0 Å². The minimum atomic E-state index is 0.804. The molecule has 2 aromatic rings. The number of benzene rings is 1. The van der Waals surface area contributed by atoms with Gasteiger partial charge in [-0.05, 0) is 36.9 Å². The Morgan fingerprint density at radius 2 is 2.06 bits per heavy atom. The molecular weight excluding hydrogens is 310 g/mol. The van der Waals surface area contributed by atoms with E-state index >= 15 is 0 Å². The van der Waals surface area contributed by atoms with Gasteiger partial charge in [0.05, 0.1) is 12.3 Å². The highest BCUT2D eigenvalue weighted by Crippen LogP contribution is 2.26. The Kier molecular flexibility index (Phi) is 5.35. The molecule has 96 valence electrons. The average molecular weight is 326 g/mol. The Morgan fingerprint density at radius 1 is 1.22 bits per heavy atom. The summed E-state index contributed by atoms with van der Waals surface area (Å²) in [6.45, 7) is 3.86. The van der Waals surface area contributed by atoms with E-state index in [0.717, 1.165) is 34.8 Å². The summed E-state index contributed by atoms with van der Waals surface area (Å²) < 4.78 is 6.85. The number of thioether (sulfide) groups is 1. The topological polar surface area (TPSA) is 25.2 Å². The van der Waals surface area contributed by atoms with Crippen LogP contribution in [-0.4, -0.2) is 6.54 Å². The SMILES string of the molecule is CCNCc1ccc(CSc2cccc(Br)c2)o1. The van der Waals surface area contributed by atoms with Crippen LogP contribution in [0.1, 0.15) is 18.4 Å². The van der Waals surface area contributed by atoms with Crippen LogP contribution in [0.2, 0.25) is 0 Å². The smallest absolute Gasteiger partial charge is 0.117 e. The van der Waals surface area contributed by atoms with Crippen molar-refractivity contribution in [2.45, 2.75) is 24.1 Å². The number of hydrogen-bond acceptors (Lipinski definition) is 3. The van der Waals surface area contributed by atoms with Crippen LogP contribution in [0.25, 0.3) is 0 Å². The van der Waals surface area contributed by atoms with Crippen LogP contribution < -0.4 is 5.32 Å². The van der Waals surface area contributed by atoms with E-state index in [-0.39, 0.29) is 0 Å². The van der Waals surface area contributed by atoms with E-state index in [9.17, 15) is 0 Å². The lowest BCUT2D eigenvalue weighted by atomic mass is 10.4. The van der Waals surface area contributed by atoms with Gasteiger partial charge in [-0.3, -0.25) is 0 Å². The molecule has 0 saturated heterocycles. The standard InChI is InChI=1S/C14H16BrNOS/c1-2-16-9-12-6-7-13(17-12)10-18-14-5-3-4-11(15)8-14/h3-8,16H,2,9-10H2,1H3. The molecule has 1 N–H and O–H groups in total. The van der Waals surface area contributed by atoms with Crippen molar-refractivity contribution in [2.75, 3.05) is 6.54 Å². The fourth-order valence-electron chi connectivity index (χ4n) is 1.55. The molecule has 0 fully saturated rings. The summed E-state index contributed by atoms with van der Waals surface area (Å²) in [6.07, 6.45) is 0. The molecule has 2 rings (SSSR count). The lowest BCUT2D eigenvalue weighted by Gasteiger charge is -2.00. The normalized spacial score (nSPS) is 10.8. The first-order valence-electron chi connectivity index (χ1n) is 5.94. The van der Waals surface area contributed by atoms with E-state index in [2.05, 4.69) is 46.4 Å². The van der Waals surface area contributed by atoms with Crippen molar-refractivity contribution in [3.05, 3.63) is 52.4 Å². The molecule has 1 aromatic heterocycles. The first kappa shape index (κ1) is 13.7. The molecular formula is C14H16BrNOS. The van der Waals surface area contributed by atoms with Crippen LogP contribution in [0.3, 0.4) is 0 Å². The van der Waals surface area contributed by atoms with Crippen molar-refractivity contribution in [2.24, 2.45) is 0 Å². The molecule has 2 nitrogen and oxygen atoms in total. The third-order valence-corrected chi connectivity index (χ3v) is 3.95. The molecule has 1 aromatic carbocycles. The predicted molar refractivity (Wildman–Crippen MR) is 79.8 cm³/mol. The molecule has 0 amide bonds. The maximum Gasteiger partial charge on any atom is 0.117 e. The van der Waals surface area contributed by atoms with E-state index < -0.39 is 0 Å². The van der Waals surface area contributed by atoms with Crippen molar-refractivity contribution < 1.29 is 4.42 Å². The third-order valence-electron chi connectivity index (χ3n) is 2.44. The summed E-state index contributed by atoms with van der Waals surface area (Å²) in [4.78, 5) is 1.24. The Hall–Kier alpha value is -0.710. The molecule has 1 heterocycles. The molecule has 0 aliphatic carbocycles. The molecule has 0 unspecified atom stereocenters. The highest BCUT2D eigenvalue weighted by Gasteiger charge is 2.03. The zero-order chi connectivity index (χ0) is 12.8. The molecule has 0 bridgehead atoms. The number of hydrogen-bond donors (Lipinski definition) is 1. The molecule has 0 saturated carbocycles. The summed E-state index contributed by atoms with van der Waals surface area (Å²) in [5.74, 6) is 2.89. The van der Waals surface area contributed by atoms with Gasteiger partial charge in [0.25, 0.3) is 0 Å². The van der Waals surface area contributed by atoms with E-state index in [0.29, 0.717) is 0 Å². The van der Waals surface area contributed by atoms with E-state index in [1.54, 1.807) is 11.8 Å². The van der Waals surface area contributed by atoms with Crippen LogP contribution in [0, 0.1) is 0 Å². The Bertz CT molecular complexity index is 498. The van der Waals surface area contributed by atoms with Crippen LogP contribution in [0.5, 0.6) is 0 Å². The lowest BCUT2D eigenvalue weighted by Crippen LogP contribution is -2.10. The summed E-state index contributed by atoms with van der Waals surface area (Å²) in [7, 11) is 0. The van der Waals surface area contributed by atoms with Crippen molar-refractivity contribution in [3.8, 4) is 0 Å². The largest absolute Gasteiger partial charge is 0.464 e. The van der Waals surface area contributed by atoms with Crippen LogP contribution >= 0.6 is 27.7 Å². The van der Waals surface area contributed by atoms with Gasteiger partial charge in [-0.15, -0.1) is 11.8 Å². The highest BCUT2D eigenvalue weighted by atomic mass is 79.9. The van der Waals surface area contributed by atoms with E-state index in [1.165, 1.54) is 4.90 Å². The molecule has 0 aliphatic rings. The second kappa shape index (κ2) is 7.02. The van der Waals surface area contributed by atoms with Gasteiger partial charge in [0.2, 0.25) is 0 Å². The zero-order valence-electron chi connectivity index (χ0n) is 10.3. The first-order chi connectivity index (χ1) is 8.78. The Morgan fingerprint density at radius 3 is 2.83 bits per heavy atom. The quantitative estimate of drug-likeness (QED) is 0.794. The van der Waals surface area contributed by atoms with Gasteiger partial charge in [-0.2, -0.15) is 0 Å². The monoisotopic (exact) mass is 325 g/mol. The van der Waals surface area contributed by atoms with E-state index in [1.807, 2.05) is 18.2 Å². The fourth-order valence-corrected chi connectivity index (χ4v) is 2.95. The minimum Gasteiger partial charge on any atom is -0.464 e. The van der Waals surface area contributed by atoms with Gasteiger partial charge in [0.1, 0.15) is 11.5 Å². The number of rotatable bonds is 6. The van der Waals surface area contributed by atoms with Crippen molar-refractivity contribution >= 4 is 27.7 Å². The summed E-state index contributed by atoms with van der Waals surface area (Å²) in [5.41, 5.74) is 0. The van der Waals surface area contributed by atoms with Crippen molar-refractivity contribution in [1.29, 1.82) is 0 Å². The molecule has 4 heteroatoms. The number of nitrogens with one attached hydrogen (secondary N) is 1. The highest BCUT2D eigenvalue weighted by molar-refractivity contribution is 9.10. The molecule has 0 radical (unpaired) electrons. The van der Waals surface area contributed by atoms with Gasteiger partial charge < -0.3 is 9.73 Å². The summed E-state index contributed by atoms with van der Waals surface area (Å²) in [5, 5.41) is 3.25. The van der Waals surface area contributed by atoms with E-state index in [4.69, 9.17) is 4.42 Å². The van der Waals surface area contributed by atoms with Gasteiger partial charge in [0, 0.05) is 9.37 Å². The average Bonchev–Trinajstić information content (AvgIpc) is 2.82. The lowest BCUT2D eigenvalue weighted by molar-refractivity contribution is 0.463. The third kappa shape index (κ3) is 4.19. The van der Waals surface area contributed by atoms with Gasteiger partial charge in [-0.25, -0.2) is 0 Å². The van der Waals surface area contributed by atoms with Crippen LogP contribution in [-0.2, 0) is 12.3 Å². The summed E-state index contributed by atoms with van der Waals surface area (Å²) >= 11 is 5.26. The first-order valence-corrected chi connectivity index (χ1v) is 7.72. The van der Waals surface area contributed by atoms with Crippen molar-refractivity contribution in [1.82, 2.24) is 5.32 Å². The fraction of sp³-hybridized carbons (Fsp3) is 0.286. The minimum absolute atomic E-state index is 0.804. The molecule has 18 heavy (non-hydrogen) atoms. The van der Waals surface area contributed by atoms with Gasteiger partial charge in [-0.1, -0.05) is 28.9 Å². The maximum atomic E-state index is 5.74. The molecule has 0 aliphatic heterocycles. The van der Waals surface area contributed by atoms with Crippen LogP contribution in [0.15, 0.2) is 50.2 Å². The maximum absolute atomic E-state index is 5.74. The summed E-state index contributed by atoms with van der Waals surface area (Å²) in [6, 6.07) is 12.4. The van der Waals surface area contributed by atoms with Crippen LogP contribution in [0.4, 0.5) is 0 Å². The Balaban J connectivity index is 1.88. The Labute approximate surface area is 120 Å². The van der Waals surface area contributed by atoms with Gasteiger partial charge >= 0.3 is 0 Å². The number of halogens is 1. The second-order valence-electron chi connectivity index (χ2n) is 3.89. The molecule has 0 spiro atoms. The van der Waals surface area contributed by atoms with Gasteiger partial charge in [0.15, 0.2) is 0 Å².